The summed E-state index contributed by atoms with van der Waals surface area (Å²) in [5, 5.41) is 14.8. The summed E-state index contributed by atoms with van der Waals surface area (Å²) in [4.78, 5) is 30.3. The number of carboxylic acid groups (broad SMARTS) is 1. The lowest BCUT2D eigenvalue weighted by Gasteiger charge is -2.30. The van der Waals surface area contributed by atoms with Crippen LogP contribution in [0.15, 0.2) is 53.1 Å². The van der Waals surface area contributed by atoms with Crippen molar-refractivity contribution in [2.45, 2.75) is 32.7 Å². The number of benzene rings is 2. The van der Waals surface area contributed by atoms with Crippen molar-refractivity contribution < 1.29 is 19.2 Å². The van der Waals surface area contributed by atoms with Crippen molar-refractivity contribution in [3.8, 4) is 11.4 Å². The first-order chi connectivity index (χ1) is 18.4. The lowest BCUT2D eigenvalue weighted by molar-refractivity contribution is -0.126. The van der Waals surface area contributed by atoms with Gasteiger partial charge in [-0.3, -0.25) is 14.5 Å². The molecule has 0 aliphatic carbocycles. The van der Waals surface area contributed by atoms with Crippen LogP contribution in [0, 0.1) is 18.8 Å². The molecule has 1 aromatic heterocycles. The molecule has 2 aromatic carbocycles. The predicted octanol–water partition coefficient (Wildman–Crippen LogP) is 4.25. The lowest BCUT2D eigenvalue weighted by Crippen LogP contribution is -2.42. The van der Waals surface area contributed by atoms with Crippen LogP contribution < -0.4 is 10.2 Å². The van der Waals surface area contributed by atoms with E-state index in [-0.39, 0.29) is 18.3 Å². The van der Waals surface area contributed by atoms with Gasteiger partial charge >= 0.3 is 6.01 Å². The van der Waals surface area contributed by atoms with Crippen LogP contribution in [0.1, 0.15) is 30.4 Å². The van der Waals surface area contributed by atoms with Crippen molar-refractivity contribution in [3.63, 3.8) is 0 Å². The Kier molecular flexibility index (Phi) is 9.73. The van der Waals surface area contributed by atoms with Crippen LogP contribution in [-0.2, 0) is 16.1 Å². The molecule has 5 rings (SSSR count). The van der Waals surface area contributed by atoms with Gasteiger partial charge in [0.1, 0.15) is 0 Å². The smallest absolute Gasteiger partial charge is 0.324 e. The maximum atomic E-state index is 12.8. The second-order valence-corrected chi connectivity index (χ2v) is 10.3. The summed E-state index contributed by atoms with van der Waals surface area (Å²) in [6.07, 6.45) is 2.70. The van der Waals surface area contributed by atoms with Crippen molar-refractivity contribution in [1.29, 1.82) is 0 Å². The molecule has 3 aromatic rings. The van der Waals surface area contributed by atoms with Crippen LogP contribution in [0.5, 0.6) is 0 Å². The molecule has 1 atom stereocenters. The summed E-state index contributed by atoms with van der Waals surface area (Å²) < 4.78 is 5.48. The van der Waals surface area contributed by atoms with Crippen molar-refractivity contribution in [1.82, 2.24) is 20.4 Å². The van der Waals surface area contributed by atoms with Crippen LogP contribution in [0.2, 0.25) is 5.02 Å². The highest BCUT2D eigenvalue weighted by molar-refractivity contribution is 6.30. The van der Waals surface area contributed by atoms with Crippen LogP contribution in [0.3, 0.4) is 0 Å². The molecular weight excluding hydrogens is 506 g/mol. The lowest BCUT2D eigenvalue weighted by atomic mass is 9.96. The molecule has 2 aliphatic heterocycles. The fraction of sp³-hybridized carbons (Fsp3) is 0.429. The number of rotatable bonds is 7. The molecule has 2 fully saturated rings. The van der Waals surface area contributed by atoms with E-state index in [1.807, 2.05) is 24.3 Å². The second-order valence-electron chi connectivity index (χ2n) is 9.90. The molecule has 2 N–H and O–H groups in total. The van der Waals surface area contributed by atoms with E-state index in [0.717, 1.165) is 64.1 Å². The van der Waals surface area contributed by atoms with Gasteiger partial charge in [-0.2, -0.15) is 4.98 Å². The average molecular weight is 540 g/mol. The fourth-order valence-electron chi connectivity index (χ4n) is 4.99. The third-order valence-corrected chi connectivity index (χ3v) is 7.33. The number of likely N-dealkylation sites (tertiary alicyclic amines) is 1. The number of amides is 1. The molecule has 0 saturated carbocycles. The standard InChI is InChI=1S/C27H32ClN5O2.CH2O2/c1-19-5-7-20(8-6-19)17-32-12-9-21(18-32)16-29-26(34)22-10-13-33(14-11-22)27-30-25(31-35-27)23-3-2-4-24(28)15-23;2-1-3/h2-8,15,21-22H,9-14,16-18H2,1H3,(H,29,34);1H,(H,2,3). The number of nitrogens with zero attached hydrogens (tertiary/aromatic N) is 4. The van der Waals surface area contributed by atoms with Gasteiger partial charge in [0.05, 0.1) is 0 Å². The SMILES string of the molecule is Cc1ccc(CN2CCC(CNC(=O)C3CCN(c4nc(-c5cccc(Cl)c5)no4)CC3)C2)cc1.O=CO. The van der Waals surface area contributed by atoms with Gasteiger partial charge in [0, 0.05) is 49.2 Å². The van der Waals surface area contributed by atoms with E-state index < -0.39 is 0 Å². The molecule has 1 amide bonds. The summed E-state index contributed by atoms with van der Waals surface area (Å²) in [6.45, 7) is 7.19. The van der Waals surface area contributed by atoms with Gasteiger partial charge in [-0.15, -0.1) is 0 Å². The molecule has 1 unspecified atom stereocenters. The van der Waals surface area contributed by atoms with Gasteiger partial charge in [0.2, 0.25) is 11.7 Å². The first-order valence-electron chi connectivity index (χ1n) is 12.9. The molecule has 0 radical (unpaired) electrons. The summed E-state index contributed by atoms with van der Waals surface area (Å²) in [5.74, 6) is 1.25. The first kappa shape index (κ1) is 27.6. The minimum absolute atomic E-state index is 0.0339. The Balaban J connectivity index is 0.00000107. The van der Waals surface area contributed by atoms with Crippen molar-refractivity contribution >= 4 is 30.0 Å². The number of hydrogen-bond donors (Lipinski definition) is 2. The monoisotopic (exact) mass is 539 g/mol. The zero-order valence-electron chi connectivity index (χ0n) is 21.6. The minimum atomic E-state index is -0.250. The first-order valence-corrected chi connectivity index (χ1v) is 13.3. The zero-order chi connectivity index (χ0) is 26.9. The number of hydrogen-bond acceptors (Lipinski definition) is 7. The maximum absolute atomic E-state index is 12.8. The Morgan fingerprint density at radius 2 is 1.89 bits per heavy atom. The number of carbonyl (C=O) groups excluding carboxylic acids is 1. The van der Waals surface area contributed by atoms with E-state index >= 15 is 0 Å². The Hall–Kier alpha value is -3.43. The topological polar surface area (TPSA) is 112 Å². The molecule has 2 saturated heterocycles. The van der Waals surface area contributed by atoms with E-state index in [0.29, 0.717) is 22.8 Å². The number of aromatic nitrogens is 2. The molecule has 2 aliphatic rings. The molecule has 3 heterocycles. The molecular formula is C28H34ClN5O4. The van der Waals surface area contributed by atoms with Gasteiger partial charge in [-0.1, -0.05) is 58.7 Å². The number of anilines is 1. The van der Waals surface area contributed by atoms with Gasteiger partial charge in [0.25, 0.3) is 6.47 Å². The third kappa shape index (κ3) is 7.55. The van der Waals surface area contributed by atoms with E-state index in [9.17, 15) is 4.79 Å². The van der Waals surface area contributed by atoms with Gasteiger partial charge in [-0.05, 0) is 56.3 Å². The molecule has 0 bridgehead atoms. The number of piperidine rings is 1. The molecule has 0 spiro atoms. The van der Waals surface area contributed by atoms with E-state index in [2.05, 4.69) is 56.4 Å². The van der Waals surface area contributed by atoms with Crippen molar-refractivity contribution in [2.24, 2.45) is 11.8 Å². The molecule has 9 nitrogen and oxygen atoms in total. The maximum Gasteiger partial charge on any atom is 0.324 e. The fourth-order valence-corrected chi connectivity index (χ4v) is 5.18. The quantitative estimate of drug-likeness (QED) is 0.428. The van der Waals surface area contributed by atoms with Crippen molar-refractivity contribution in [2.75, 3.05) is 37.6 Å². The number of carbonyl (C=O) groups is 2. The Morgan fingerprint density at radius 1 is 1.16 bits per heavy atom. The molecule has 202 valence electrons. The Labute approximate surface area is 227 Å². The van der Waals surface area contributed by atoms with Crippen molar-refractivity contribution in [3.05, 3.63) is 64.7 Å². The van der Waals surface area contributed by atoms with Gasteiger partial charge in [0.15, 0.2) is 0 Å². The van der Waals surface area contributed by atoms with Gasteiger partial charge in [-0.25, -0.2) is 0 Å². The van der Waals surface area contributed by atoms with E-state index in [1.54, 1.807) is 0 Å². The normalized spacial score (nSPS) is 18.1. The average Bonchev–Trinajstić information content (AvgIpc) is 3.59. The van der Waals surface area contributed by atoms with Crippen LogP contribution in [-0.4, -0.2) is 65.3 Å². The summed E-state index contributed by atoms with van der Waals surface area (Å²) in [7, 11) is 0. The Morgan fingerprint density at radius 3 is 2.61 bits per heavy atom. The minimum Gasteiger partial charge on any atom is -0.483 e. The Bertz CT molecular complexity index is 1190. The van der Waals surface area contributed by atoms with Crippen LogP contribution in [0.4, 0.5) is 6.01 Å². The highest BCUT2D eigenvalue weighted by Crippen LogP contribution is 2.26. The highest BCUT2D eigenvalue weighted by atomic mass is 35.5. The highest BCUT2D eigenvalue weighted by Gasteiger charge is 2.29. The number of halogens is 1. The number of aryl methyl sites for hydroxylation is 1. The van der Waals surface area contributed by atoms with E-state index in [4.69, 9.17) is 26.0 Å². The zero-order valence-corrected chi connectivity index (χ0v) is 22.3. The van der Waals surface area contributed by atoms with Crippen LogP contribution in [0.25, 0.3) is 11.4 Å². The van der Waals surface area contributed by atoms with E-state index in [1.165, 1.54) is 11.1 Å². The van der Waals surface area contributed by atoms with Crippen LogP contribution >= 0.6 is 11.6 Å². The summed E-state index contributed by atoms with van der Waals surface area (Å²) >= 11 is 6.07. The third-order valence-electron chi connectivity index (χ3n) is 7.10. The summed E-state index contributed by atoms with van der Waals surface area (Å²) in [6, 6.07) is 16.7. The summed E-state index contributed by atoms with van der Waals surface area (Å²) in [5.41, 5.74) is 3.47. The number of nitrogens with one attached hydrogen (secondary N) is 1. The van der Waals surface area contributed by atoms with Gasteiger partial charge < -0.3 is 19.8 Å². The molecule has 38 heavy (non-hydrogen) atoms. The second kappa shape index (κ2) is 13.4. The predicted molar refractivity (Wildman–Crippen MR) is 146 cm³/mol. The largest absolute Gasteiger partial charge is 0.483 e. The molecule has 10 heteroatoms.